The molecule has 24 heavy (non-hydrogen) atoms. The number of aromatic nitrogens is 5. The molecular formula is C17H13BrN6. The van der Waals surface area contributed by atoms with E-state index in [2.05, 4.69) is 41.4 Å². The zero-order valence-electron chi connectivity index (χ0n) is 12.6. The van der Waals surface area contributed by atoms with E-state index in [1.165, 1.54) is 0 Å². The number of benzene rings is 1. The predicted molar refractivity (Wildman–Crippen MR) is 95.9 cm³/mol. The normalized spacial score (nSPS) is 10.9. The zero-order chi connectivity index (χ0) is 16.4. The van der Waals surface area contributed by atoms with Crippen molar-refractivity contribution in [1.29, 1.82) is 0 Å². The standard InChI is InChI=1S/C17H13BrN6/c18-12-8-15-17(21-9-12)14(6-7-19-15)20-10-16-23-22-11-24(16)13-4-2-1-3-5-13/h1-9,11H,10H2,(H,19,20). The van der Waals surface area contributed by atoms with E-state index in [1.54, 1.807) is 18.7 Å². The summed E-state index contributed by atoms with van der Waals surface area (Å²) in [6.07, 6.45) is 5.24. The average Bonchev–Trinajstić information content (AvgIpc) is 3.09. The molecule has 0 saturated carbocycles. The summed E-state index contributed by atoms with van der Waals surface area (Å²) in [6.45, 7) is 0.533. The SMILES string of the molecule is Brc1cnc2c(NCc3nncn3-c3ccccc3)ccnc2c1. The molecule has 1 aromatic carbocycles. The number of halogens is 1. The molecule has 0 saturated heterocycles. The molecule has 0 aliphatic carbocycles. The third-order valence-corrected chi connectivity index (χ3v) is 4.07. The Morgan fingerprint density at radius 3 is 2.83 bits per heavy atom. The summed E-state index contributed by atoms with van der Waals surface area (Å²) >= 11 is 3.42. The maximum atomic E-state index is 4.45. The lowest BCUT2D eigenvalue weighted by molar-refractivity contribution is 0.891. The van der Waals surface area contributed by atoms with Crippen molar-refractivity contribution in [2.75, 3.05) is 5.32 Å². The van der Waals surface area contributed by atoms with Gasteiger partial charge in [-0.1, -0.05) is 18.2 Å². The Hall–Kier alpha value is -2.80. The number of para-hydroxylation sites is 1. The predicted octanol–water partition coefficient (Wildman–Crippen LogP) is 3.59. The number of nitrogens with one attached hydrogen (secondary N) is 1. The van der Waals surface area contributed by atoms with Crippen molar-refractivity contribution in [2.24, 2.45) is 0 Å². The van der Waals surface area contributed by atoms with Gasteiger partial charge in [0, 0.05) is 22.6 Å². The molecule has 0 aliphatic heterocycles. The van der Waals surface area contributed by atoms with Gasteiger partial charge in [0.25, 0.3) is 0 Å². The molecule has 3 aromatic heterocycles. The van der Waals surface area contributed by atoms with Gasteiger partial charge in [0.2, 0.25) is 0 Å². The number of nitrogens with zero attached hydrogens (tertiary/aromatic N) is 5. The monoisotopic (exact) mass is 380 g/mol. The van der Waals surface area contributed by atoms with Gasteiger partial charge in [-0.2, -0.15) is 0 Å². The Kier molecular flexibility index (Phi) is 3.92. The molecule has 1 N–H and O–H groups in total. The van der Waals surface area contributed by atoms with Gasteiger partial charge in [-0.3, -0.25) is 14.5 Å². The van der Waals surface area contributed by atoms with Gasteiger partial charge in [0.15, 0.2) is 5.82 Å². The van der Waals surface area contributed by atoms with E-state index < -0.39 is 0 Å². The van der Waals surface area contributed by atoms with Crippen molar-refractivity contribution in [3.05, 3.63) is 71.5 Å². The molecule has 0 atom stereocenters. The topological polar surface area (TPSA) is 68.5 Å². The largest absolute Gasteiger partial charge is 0.376 e. The van der Waals surface area contributed by atoms with E-state index >= 15 is 0 Å². The molecule has 6 nitrogen and oxygen atoms in total. The fraction of sp³-hybridized carbons (Fsp3) is 0.0588. The van der Waals surface area contributed by atoms with E-state index in [0.29, 0.717) is 6.54 Å². The number of hydrogen-bond acceptors (Lipinski definition) is 5. The first kappa shape index (κ1) is 14.8. The van der Waals surface area contributed by atoms with E-state index in [4.69, 9.17) is 0 Å². The lowest BCUT2D eigenvalue weighted by Crippen LogP contribution is -2.07. The fourth-order valence-electron chi connectivity index (χ4n) is 2.51. The number of rotatable bonds is 4. The van der Waals surface area contributed by atoms with E-state index in [9.17, 15) is 0 Å². The van der Waals surface area contributed by atoms with Crippen molar-refractivity contribution in [3.8, 4) is 5.69 Å². The molecule has 0 radical (unpaired) electrons. The highest BCUT2D eigenvalue weighted by Crippen LogP contribution is 2.22. The highest BCUT2D eigenvalue weighted by molar-refractivity contribution is 9.10. The maximum absolute atomic E-state index is 4.45. The molecule has 0 aliphatic rings. The minimum atomic E-state index is 0.533. The molecule has 0 amide bonds. The van der Waals surface area contributed by atoms with E-state index in [0.717, 1.165) is 32.7 Å². The van der Waals surface area contributed by atoms with Crippen LogP contribution in [0.15, 0.2) is 65.7 Å². The third-order valence-electron chi connectivity index (χ3n) is 3.63. The minimum absolute atomic E-state index is 0.533. The lowest BCUT2D eigenvalue weighted by Gasteiger charge is -2.10. The minimum Gasteiger partial charge on any atom is -0.376 e. The second-order valence-electron chi connectivity index (χ2n) is 5.19. The van der Waals surface area contributed by atoms with Crippen LogP contribution in [0.25, 0.3) is 16.7 Å². The second-order valence-corrected chi connectivity index (χ2v) is 6.10. The molecule has 0 unspecified atom stereocenters. The second kappa shape index (κ2) is 6.37. The first-order valence-corrected chi connectivity index (χ1v) is 8.19. The van der Waals surface area contributed by atoms with Crippen LogP contribution >= 0.6 is 15.9 Å². The molecule has 4 rings (SSSR count). The van der Waals surface area contributed by atoms with Gasteiger partial charge in [-0.25, -0.2) is 0 Å². The molecule has 0 spiro atoms. The van der Waals surface area contributed by atoms with Crippen LogP contribution in [-0.2, 0) is 6.54 Å². The smallest absolute Gasteiger partial charge is 0.156 e. The Morgan fingerprint density at radius 2 is 1.96 bits per heavy atom. The summed E-state index contributed by atoms with van der Waals surface area (Å²) in [5.74, 6) is 0.822. The molecule has 7 heteroatoms. The van der Waals surface area contributed by atoms with Crippen LogP contribution in [0.4, 0.5) is 5.69 Å². The summed E-state index contributed by atoms with van der Waals surface area (Å²) < 4.78 is 2.86. The Labute approximate surface area is 146 Å². The van der Waals surface area contributed by atoms with Crippen molar-refractivity contribution in [2.45, 2.75) is 6.54 Å². The van der Waals surface area contributed by atoms with E-state index in [1.807, 2.05) is 47.0 Å². The van der Waals surface area contributed by atoms with Crippen LogP contribution < -0.4 is 5.32 Å². The van der Waals surface area contributed by atoms with Crippen LogP contribution in [0.3, 0.4) is 0 Å². The molecule has 0 fully saturated rings. The van der Waals surface area contributed by atoms with Crippen LogP contribution in [0, 0.1) is 0 Å². The molecule has 3 heterocycles. The van der Waals surface area contributed by atoms with Crippen LogP contribution in [0.1, 0.15) is 5.82 Å². The molecule has 4 aromatic rings. The fourth-order valence-corrected chi connectivity index (χ4v) is 2.83. The van der Waals surface area contributed by atoms with Gasteiger partial charge in [0.05, 0.1) is 17.7 Å². The summed E-state index contributed by atoms with van der Waals surface area (Å²) in [6, 6.07) is 13.9. The van der Waals surface area contributed by atoms with Crippen LogP contribution in [0.5, 0.6) is 0 Å². The molecule has 0 bridgehead atoms. The maximum Gasteiger partial charge on any atom is 0.156 e. The summed E-state index contributed by atoms with van der Waals surface area (Å²) in [4.78, 5) is 8.79. The van der Waals surface area contributed by atoms with Crippen molar-refractivity contribution >= 4 is 32.7 Å². The number of anilines is 1. The van der Waals surface area contributed by atoms with Crippen molar-refractivity contribution < 1.29 is 0 Å². The first-order chi connectivity index (χ1) is 11.8. The first-order valence-electron chi connectivity index (χ1n) is 7.40. The van der Waals surface area contributed by atoms with Crippen LogP contribution in [-0.4, -0.2) is 24.7 Å². The van der Waals surface area contributed by atoms with Crippen molar-refractivity contribution in [3.63, 3.8) is 0 Å². The van der Waals surface area contributed by atoms with Gasteiger partial charge < -0.3 is 5.32 Å². The zero-order valence-corrected chi connectivity index (χ0v) is 14.2. The van der Waals surface area contributed by atoms with E-state index in [-0.39, 0.29) is 0 Å². The highest BCUT2D eigenvalue weighted by Gasteiger charge is 2.08. The number of hydrogen-bond donors (Lipinski definition) is 1. The Balaban J connectivity index is 1.62. The number of pyridine rings is 2. The van der Waals surface area contributed by atoms with Crippen molar-refractivity contribution in [1.82, 2.24) is 24.7 Å². The molecular weight excluding hydrogens is 368 g/mol. The summed E-state index contributed by atoms with van der Waals surface area (Å²) in [7, 11) is 0. The van der Waals surface area contributed by atoms with Gasteiger partial charge in [0.1, 0.15) is 11.8 Å². The van der Waals surface area contributed by atoms with Gasteiger partial charge >= 0.3 is 0 Å². The Bertz CT molecular complexity index is 983. The van der Waals surface area contributed by atoms with Gasteiger partial charge in [-0.15, -0.1) is 10.2 Å². The highest BCUT2D eigenvalue weighted by atomic mass is 79.9. The quantitative estimate of drug-likeness (QED) is 0.585. The average molecular weight is 381 g/mol. The number of fused-ring (bicyclic) bond motifs is 1. The summed E-state index contributed by atoms with van der Waals surface area (Å²) in [5.41, 5.74) is 3.60. The van der Waals surface area contributed by atoms with Gasteiger partial charge in [-0.05, 0) is 40.2 Å². The van der Waals surface area contributed by atoms with Crippen LogP contribution in [0.2, 0.25) is 0 Å². The third kappa shape index (κ3) is 2.85. The molecule has 118 valence electrons. The Morgan fingerprint density at radius 1 is 1.08 bits per heavy atom. The lowest BCUT2D eigenvalue weighted by atomic mass is 10.3. The summed E-state index contributed by atoms with van der Waals surface area (Å²) in [5, 5.41) is 11.6.